The second-order valence-corrected chi connectivity index (χ2v) is 6.32. The lowest BCUT2D eigenvalue weighted by Crippen LogP contribution is -2.33. The summed E-state index contributed by atoms with van der Waals surface area (Å²) in [5, 5.41) is 29.5. The summed E-state index contributed by atoms with van der Waals surface area (Å²) in [7, 11) is 0. The van der Waals surface area contributed by atoms with Crippen LogP contribution in [0.5, 0.6) is 0 Å². The first kappa shape index (κ1) is 22.6. The van der Waals surface area contributed by atoms with Crippen molar-refractivity contribution >= 4 is 5.97 Å². The van der Waals surface area contributed by atoms with Crippen molar-refractivity contribution in [1.29, 1.82) is 0 Å². The van der Waals surface area contributed by atoms with Gasteiger partial charge in [-0.25, -0.2) is 0 Å². The first-order valence-corrected chi connectivity index (χ1v) is 9.17. The van der Waals surface area contributed by atoms with E-state index in [0.29, 0.717) is 6.42 Å². The van der Waals surface area contributed by atoms with Crippen LogP contribution in [0.1, 0.15) is 84.0 Å². The molecule has 0 bridgehead atoms. The first-order valence-electron chi connectivity index (χ1n) is 9.17. The van der Waals surface area contributed by atoms with Crippen LogP contribution in [0.4, 0.5) is 0 Å². The number of allylic oxidation sites excluding steroid dienone is 1. The number of aliphatic hydroxyl groups is 1. The Morgan fingerprint density at radius 2 is 1.75 bits per heavy atom. The van der Waals surface area contributed by atoms with Crippen LogP contribution in [-0.2, 0) is 4.79 Å². The Kier molecular flexibility index (Phi) is 14.2. The van der Waals surface area contributed by atoms with Crippen molar-refractivity contribution in [3.63, 3.8) is 0 Å². The Balaban J connectivity index is 3.79. The van der Waals surface area contributed by atoms with Crippen LogP contribution in [0.25, 0.3) is 0 Å². The van der Waals surface area contributed by atoms with E-state index < -0.39 is 18.1 Å². The number of nitro groups is 1. The highest BCUT2D eigenvalue weighted by molar-refractivity contribution is 5.66. The van der Waals surface area contributed by atoms with E-state index in [4.69, 9.17) is 5.11 Å². The maximum atomic E-state index is 11.1. The van der Waals surface area contributed by atoms with Gasteiger partial charge in [0.05, 0.1) is 0 Å². The highest BCUT2D eigenvalue weighted by Crippen LogP contribution is 2.13. The molecule has 0 spiro atoms. The monoisotopic (exact) mass is 343 g/mol. The van der Waals surface area contributed by atoms with Crippen LogP contribution in [0, 0.1) is 10.1 Å². The Hall–Kier alpha value is -1.43. The molecule has 2 unspecified atom stereocenters. The van der Waals surface area contributed by atoms with Gasteiger partial charge in [-0.3, -0.25) is 14.9 Å². The Morgan fingerprint density at radius 3 is 2.38 bits per heavy atom. The molecule has 0 radical (unpaired) electrons. The summed E-state index contributed by atoms with van der Waals surface area (Å²) in [5.41, 5.74) is 0. The van der Waals surface area contributed by atoms with Gasteiger partial charge < -0.3 is 10.2 Å². The van der Waals surface area contributed by atoms with Gasteiger partial charge in [0.15, 0.2) is 0 Å². The second kappa shape index (κ2) is 15.1. The molecule has 0 amide bonds. The number of carbonyl (C=O) groups is 1. The molecule has 6 nitrogen and oxygen atoms in total. The molecule has 0 heterocycles. The Bertz CT molecular complexity index is 370. The molecule has 0 aromatic heterocycles. The molecule has 0 saturated heterocycles. The number of aliphatic hydroxyl groups excluding tert-OH is 1. The minimum Gasteiger partial charge on any atom is -0.481 e. The van der Waals surface area contributed by atoms with Gasteiger partial charge in [0.25, 0.3) is 0 Å². The third-order valence-electron chi connectivity index (χ3n) is 4.12. The maximum absolute atomic E-state index is 11.1. The lowest BCUT2D eigenvalue weighted by molar-refractivity contribution is -0.533. The smallest absolute Gasteiger partial charge is 0.303 e. The number of carboxylic acid groups (broad SMARTS) is 1. The average Bonchev–Trinajstić information content (AvgIpc) is 2.52. The molecule has 0 aromatic carbocycles. The van der Waals surface area contributed by atoms with Gasteiger partial charge >= 0.3 is 5.97 Å². The van der Waals surface area contributed by atoms with Gasteiger partial charge in [-0.2, -0.15) is 0 Å². The van der Waals surface area contributed by atoms with E-state index in [2.05, 4.69) is 6.92 Å². The number of hydrogen-bond acceptors (Lipinski definition) is 4. The fraction of sp³-hybridized carbons (Fsp3) is 0.833. The highest BCUT2D eigenvalue weighted by Gasteiger charge is 2.27. The molecular weight excluding hydrogens is 310 g/mol. The highest BCUT2D eigenvalue weighted by atomic mass is 16.6. The Labute approximate surface area is 145 Å². The average molecular weight is 343 g/mol. The lowest BCUT2D eigenvalue weighted by Gasteiger charge is -2.14. The zero-order valence-electron chi connectivity index (χ0n) is 14.9. The molecule has 0 aliphatic rings. The van der Waals surface area contributed by atoms with Crippen molar-refractivity contribution in [3.05, 3.63) is 22.3 Å². The zero-order valence-corrected chi connectivity index (χ0v) is 14.9. The van der Waals surface area contributed by atoms with Crippen LogP contribution in [-0.4, -0.2) is 33.3 Å². The minimum atomic E-state index is -0.908. The van der Waals surface area contributed by atoms with Crippen LogP contribution in [0.15, 0.2) is 12.2 Å². The maximum Gasteiger partial charge on any atom is 0.303 e. The molecular formula is C18H33NO5. The van der Waals surface area contributed by atoms with Gasteiger partial charge in [0.2, 0.25) is 6.04 Å². The van der Waals surface area contributed by atoms with E-state index in [1.807, 2.05) is 6.08 Å². The number of rotatable bonds is 16. The van der Waals surface area contributed by atoms with Gasteiger partial charge in [-0.15, -0.1) is 0 Å². The van der Waals surface area contributed by atoms with Gasteiger partial charge in [-0.1, -0.05) is 57.6 Å². The van der Waals surface area contributed by atoms with Gasteiger partial charge in [-0.05, 0) is 25.7 Å². The van der Waals surface area contributed by atoms with E-state index in [0.717, 1.165) is 57.8 Å². The molecule has 2 atom stereocenters. The summed E-state index contributed by atoms with van der Waals surface area (Å²) in [6, 6.07) is -0.908. The molecule has 0 rings (SSSR count). The molecule has 24 heavy (non-hydrogen) atoms. The second-order valence-electron chi connectivity index (χ2n) is 6.32. The quantitative estimate of drug-likeness (QED) is 0.188. The molecule has 0 aliphatic carbocycles. The fourth-order valence-corrected chi connectivity index (χ4v) is 2.60. The summed E-state index contributed by atoms with van der Waals surface area (Å²) >= 11 is 0. The van der Waals surface area contributed by atoms with Crippen molar-refractivity contribution in [3.8, 4) is 0 Å². The first-order chi connectivity index (χ1) is 11.5. The standard InChI is InChI=1S/C18H33NO5/c1-2-3-10-14-17(20)16(19(23)24)13-11-8-6-4-5-7-9-12-15-18(21)22/h8,11,16-17,20H,2-7,9-10,12-15H2,1H3,(H,21,22). The molecule has 0 aromatic rings. The summed E-state index contributed by atoms with van der Waals surface area (Å²) in [4.78, 5) is 21.0. The SMILES string of the molecule is CCCCCC(O)C(CC=CCCCCCCCC(=O)O)[N+](=O)[O-]. The number of nitrogens with zero attached hydrogens (tertiary/aromatic N) is 1. The fourth-order valence-electron chi connectivity index (χ4n) is 2.60. The van der Waals surface area contributed by atoms with Crippen molar-refractivity contribution < 1.29 is 19.9 Å². The summed E-state index contributed by atoms with van der Waals surface area (Å²) in [6.45, 7) is 2.06. The Morgan fingerprint density at radius 1 is 1.08 bits per heavy atom. The predicted octanol–water partition coefficient (Wildman–Crippen LogP) is 4.33. The van der Waals surface area contributed by atoms with Crippen LogP contribution >= 0.6 is 0 Å². The van der Waals surface area contributed by atoms with Crippen molar-refractivity contribution in [2.45, 2.75) is 96.1 Å². The predicted molar refractivity (Wildman–Crippen MR) is 94.6 cm³/mol. The van der Waals surface area contributed by atoms with Gasteiger partial charge in [0, 0.05) is 17.8 Å². The molecule has 6 heteroatoms. The van der Waals surface area contributed by atoms with Crippen molar-refractivity contribution in [1.82, 2.24) is 0 Å². The molecule has 0 fully saturated rings. The third kappa shape index (κ3) is 13.0. The molecule has 140 valence electrons. The van der Waals surface area contributed by atoms with E-state index in [-0.39, 0.29) is 17.8 Å². The lowest BCUT2D eigenvalue weighted by atomic mass is 10.0. The summed E-state index contributed by atoms with van der Waals surface area (Å²) < 4.78 is 0. The molecule has 0 saturated carbocycles. The number of aliphatic carboxylic acids is 1. The van der Waals surface area contributed by atoms with Crippen LogP contribution < -0.4 is 0 Å². The topological polar surface area (TPSA) is 101 Å². The van der Waals surface area contributed by atoms with Crippen LogP contribution in [0.2, 0.25) is 0 Å². The molecule has 2 N–H and O–H groups in total. The molecule has 0 aliphatic heterocycles. The largest absolute Gasteiger partial charge is 0.481 e. The number of hydrogen-bond donors (Lipinski definition) is 2. The van der Waals surface area contributed by atoms with Crippen molar-refractivity contribution in [2.24, 2.45) is 0 Å². The number of carboxylic acids is 1. The van der Waals surface area contributed by atoms with Crippen LogP contribution in [0.3, 0.4) is 0 Å². The van der Waals surface area contributed by atoms with Crippen molar-refractivity contribution in [2.75, 3.05) is 0 Å². The third-order valence-corrected chi connectivity index (χ3v) is 4.12. The zero-order chi connectivity index (χ0) is 18.2. The summed E-state index contributed by atoms with van der Waals surface area (Å²) in [6.07, 6.45) is 12.3. The normalized spacial score (nSPS) is 13.9. The van der Waals surface area contributed by atoms with E-state index in [1.54, 1.807) is 6.08 Å². The number of unbranched alkanes of at least 4 members (excludes halogenated alkanes) is 7. The van der Waals surface area contributed by atoms with Gasteiger partial charge in [0.1, 0.15) is 6.10 Å². The minimum absolute atomic E-state index is 0.239. The summed E-state index contributed by atoms with van der Waals surface area (Å²) in [5.74, 6) is -0.741. The van der Waals surface area contributed by atoms with E-state index in [9.17, 15) is 20.0 Å². The van der Waals surface area contributed by atoms with E-state index in [1.165, 1.54) is 0 Å². The van der Waals surface area contributed by atoms with E-state index >= 15 is 0 Å².